The fraction of sp³-hybridized carbons (Fsp3) is 0.0556. The van der Waals surface area contributed by atoms with E-state index in [1.165, 1.54) is 11.1 Å². The highest BCUT2D eigenvalue weighted by Gasteiger charge is 2.06. The quantitative estimate of drug-likeness (QED) is 0.709. The SMILES string of the molecule is Brc1cccnc1Nc1ccccc1Cc1ccccc1. The van der Waals surface area contributed by atoms with Crippen LogP contribution in [0.5, 0.6) is 0 Å². The van der Waals surface area contributed by atoms with Gasteiger partial charge < -0.3 is 5.32 Å². The molecule has 1 N–H and O–H groups in total. The summed E-state index contributed by atoms with van der Waals surface area (Å²) in [6.07, 6.45) is 2.68. The first-order valence-electron chi connectivity index (χ1n) is 6.82. The van der Waals surface area contributed by atoms with Crippen molar-refractivity contribution in [1.29, 1.82) is 0 Å². The van der Waals surface area contributed by atoms with Crippen molar-refractivity contribution in [3.05, 3.63) is 88.5 Å². The van der Waals surface area contributed by atoms with Crippen LogP contribution in [-0.4, -0.2) is 4.98 Å². The molecule has 0 radical (unpaired) electrons. The molecule has 104 valence electrons. The summed E-state index contributed by atoms with van der Waals surface area (Å²) in [6, 6.07) is 22.7. The molecule has 3 rings (SSSR count). The van der Waals surface area contributed by atoms with Crippen LogP contribution in [0.4, 0.5) is 11.5 Å². The zero-order valence-corrected chi connectivity index (χ0v) is 13.0. The summed E-state index contributed by atoms with van der Waals surface area (Å²) in [5.41, 5.74) is 3.63. The first-order valence-corrected chi connectivity index (χ1v) is 7.61. The summed E-state index contributed by atoms with van der Waals surface area (Å²) in [4.78, 5) is 4.36. The van der Waals surface area contributed by atoms with Crippen LogP contribution < -0.4 is 5.32 Å². The lowest BCUT2D eigenvalue weighted by Gasteiger charge is -2.12. The van der Waals surface area contributed by atoms with E-state index in [0.717, 1.165) is 22.4 Å². The van der Waals surface area contributed by atoms with Crippen molar-refractivity contribution in [2.45, 2.75) is 6.42 Å². The van der Waals surface area contributed by atoms with Crippen LogP contribution in [0.2, 0.25) is 0 Å². The Labute approximate surface area is 133 Å². The molecule has 1 aromatic heterocycles. The van der Waals surface area contributed by atoms with E-state index in [1.807, 2.05) is 24.3 Å². The maximum absolute atomic E-state index is 4.36. The maximum Gasteiger partial charge on any atom is 0.144 e. The van der Waals surface area contributed by atoms with Gasteiger partial charge in [0.05, 0.1) is 4.47 Å². The summed E-state index contributed by atoms with van der Waals surface area (Å²) in [7, 11) is 0. The van der Waals surface area contributed by atoms with Gasteiger partial charge in [-0.15, -0.1) is 0 Å². The lowest BCUT2D eigenvalue weighted by atomic mass is 10.0. The van der Waals surface area contributed by atoms with Crippen molar-refractivity contribution < 1.29 is 0 Å². The summed E-state index contributed by atoms with van der Waals surface area (Å²) in [6.45, 7) is 0. The van der Waals surface area contributed by atoms with E-state index in [0.29, 0.717) is 0 Å². The van der Waals surface area contributed by atoms with Gasteiger partial charge in [-0.2, -0.15) is 0 Å². The number of pyridine rings is 1. The molecular formula is C18H15BrN2. The van der Waals surface area contributed by atoms with Crippen LogP contribution in [0.25, 0.3) is 0 Å². The van der Waals surface area contributed by atoms with Crippen molar-refractivity contribution in [1.82, 2.24) is 4.98 Å². The first-order chi connectivity index (χ1) is 10.3. The van der Waals surface area contributed by atoms with Crippen LogP contribution in [0.3, 0.4) is 0 Å². The molecule has 0 saturated heterocycles. The Bertz CT molecular complexity index is 726. The average Bonchev–Trinajstić information content (AvgIpc) is 2.52. The van der Waals surface area contributed by atoms with Crippen molar-refractivity contribution in [2.24, 2.45) is 0 Å². The molecule has 0 atom stereocenters. The Morgan fingerprint density at radius 3 is 2.43 bits per heavy atom. The minimum Gasteiger partial charge on any atom is -0.339 e. The molecule has 21 heavy (non-hydrogen) atoms. The summed E-state index contributed by atoms with van der Waals surface area (Å²) < 4.78 is 0.958. The van der Waals surface area contributed by atoms with Crippen molar-refractivity contribution >= 4 is 27.4 Å². The third-order valence-corrected chi connectivity index (χ3v) is 3.91. The normalized spacial score (nSPS) is 10.3. The molecule has 2 aromatic carbocycles. The fourth-order valence-electron chi connectivity index (χ4n) is 2.22. The summed E-state index contributed by atoms with van der Waals surface area (Å²) in [5, 5.41) is 3.40. The predicted molar refractivity (Wildman–Crippen MR) is 90.9 cm³/mol. The van der Waals surface area contributed by atoms with Gasteiger partial charge in [-0.1, -0.05) is 48.5 Å². The average molecular weight is 339 g/mol. The van der Waals surface area contributed by atoms with Crippen molar-refractivity contribution in [3.8, 4) is 0 Å². The number of aromatic nitrogens is 1. The minimum atomic E-state index is 0.831. The maximum atomic E-state index is 4.36. The van der Waals surface area contributed by atoms with E-state index in [4.69, 9.17) is 0 Å². The highest BCUT2D eigenvalue weighted by atomic mass is 79.9. The molecule has 0 amide bonds. The molecule has 0 fully saturated rings. The zero-order chi connectivity index (χ0) is 14.5. The first kappa shape index (κ1) is 13.8. The molecule has 3 aromatic rings. The zero-order valence-electron chi connectivity index (χ0n) is 11.5. The van der Waals surface area contributed by atoms with Crippen LogP contribution >= 0.6 is 15.9 Å². The molecule has 0 aliphatic carbocycles. The van der Waals surface area contributed by atoms with Gasteiger partial charge in [0.15, 0.2) is 0 Å². The van der Waals surface area contributed by atoms with Gasteiger partial charge in [0, 0.05) is 11.9 Å². The number of rotatable bonds is 4. The molecule has 2 nitrogen and oxygen atoms in total. The Kier molecular flexibility index (Phi) is 4.31. The van der Waals surface area contributed by atoms with Gasteiger partial charge >= 0.3 is 0 Å². The molecule has 3 heteroatoms. The van der Waals surface area contributed by atoms with E-state index >= 15 is 0 Å². The smallest absolute Gasteiger partial charge is 0.144 e. The van der Waals surface area contributed by atoms with Gasteiger partial charge in [-0.05, 0) is 51.7 Å². The number of para-hydroxylation sites is 1. The highest BCUT2D eigenvalue weighted by molar-refractivity contribution is 9.10. The van der Waals surface area contributed by atoms with Gasteiger partial charge in [-0.3, -0.25) is 0 Å². The summed E-state index contributed by atoms with van der Waals surface area (Å²) in [5.74, 6) is 0.831. The number of nitrogens with one attached hydrogen (secondary N) is 1. The molecule has 0 bridgehead atoms. The van der Waals surface area contributed by atoms with Gasteiger partial charge in [0.25, 0.3) is 0 Å². The lowest BCUT2D eigenvalue weighted by molar-refractivity contribution is 1.18. The Hall–Kier alpha value is -2.13. The van der Waals surface area contributed by atoms with Crippen LogP contribution in [0, 0.1) is 0 Å². The van der Waals surface area contributed by atoms with Gasteiger partial charge in [0.2, 0.25) is 0 Å². The lowest BCUT2D eigenvalue weighted by Crippen LogP contribution is -1.99. The number of hydrogen-bond acceptors (Lipinski definition) is 2. The topological polar surface area (TPSA) is 24.9 Å². The fourth-order valence-corrected chi connectivity index (χ4v) is 2.57. The van der Waals surface area contributed by atoms with Gasteiger partial charge in [0.1, 0.15) is 5.82 Å². The molecule has 0 aliphatic heterocycles. The van der Waals surface area contributed by atoms with E-state index in [1.54, 1.807) is 6.20 Å². The number of anilines is 2. The van der Waals surface area contributed by atoms with Crippen molar-refractivity contribution in [3.63, 3.8) is 0 Å². The Morgan fingerprint density at radius 1 is 0.857 bits per heavy atom. The predicted octanol–water partition coefficient (Wildman–Crippen LogP) is 5.18. The van der Waals surface area contributed by atoms with Crippen LogP contribution in [-0.2, 0) is 6.42 Å². The largest absolute Gasteiger partial charge is 0.339 e. The second kappa shape index (κ2) is 6.55. The van der Waals surface area contributed by atoms with Crippen LogP contribution in [0.15, 0.2) is 77.4 Å². The van der Waals surface area contributed by atoms with E-state index in [-0.39, 0.29) is 0 Å². The second-order valence-corrected chi connectivity index (χ2v) is 5.63. The van der Waals surface area contributed by atoms with E-state index < -0.39 is 0 Å². The van der Waals surface area contributed by atoms with E-state index in [2.05, 4.69) is 68.7 Å². The third-order valence-electron chi connectivity index (χ3n) is 3.27. The van der Waals surface area contributed by atoms with Gasteiger partial charge in [-0.25, -0.2) is 4.98 Å². The van der Waals surface area contributed by atoms with Crippen molar-refractivity contribution in [2.75, 3.05) is 5.32 Å². The Morgan fingerprint density at radius 2 is 1.62 bits per heavy atom. The van der Waals surface area contributed by atoms with Crippen LogP contribution in [0.1, 0.15) is 11.1 Å². The molecular weight excluding hydrogens is 324 g/mol. The highest BCUT2D eigenvalue weighted by Crippen LogP contribution is 2.26. The number of benzene rings is 2. The minimum absolute atomic E-state index is 0.831. The molecule has 0 unspecified atom stereocenters. The number of hydrogen-bond donors (Lipinski definition) is 1. The monoisotopic (exact) mass is 338 g/mol. The summed E-state index contributed by atoms with van der Waals surface area (Å²) >= 11 is 3.52. The molecule has 1 heterocycles. The Balaban J connectivity index is 1.88. The number of nitrogens with zero attached hydrogens (tertiary/aromatic N) is 1. The second-order valence-electron chi connectivity index (χ2n) is 4.78. The van der Waals surface area contributed by atoms with E-state index in [9.17, 15) is 0 Å². The third kappa shape index (κ3) is 3.50. The molecule has 0 spiro atoms. The standard InChI is InChI=1S/C18H15BrN2/c19-16-10-6-12-20-18(16)21-17-11-5-4-9-15(17)13-14-7-2-1-3-8-14/h1-12H,13H2,(H,20,21). The number of halogens is 1. The molecule has 0 saturated carbocycles. The molecule has 0 aliphatic rings.